The molecule has 0 radical (unpaired) electrons. The van der Waals surface area contributed by atoms with Crippen molar-refractivity contribution >= 4 is 23.2 Å². The first-order valence-electron chi connectivity index (χ1n) is 6.74. The van der Waals surface area contributed by atoms with Crippen LogP contribution >= 0.6 is 0 Å². The van der Waals surface area contributed by atoms with Crippen molar-refractivity contribution in [2.45, 2.75) is 31.2 Å². The highest BCUT2D eigenvalue weighted by Gasteiger charge is 2.37. The molecule has 4 N–H and O–H groups in total. The van der Waals surface area contributed by atoms with Gasteiger partial charge in [0.1, 0.15) is 5.75 Å². The summed E-state index contributed by atoms with van der Waals surface area (Å²) >= 11 is 0. The molecular formula is C14H17N3O3. The van der Waals surface area contributed by atoms with Gasteiger partial charge in [-0.15, -0.1) is 0 Å². The van der Waals surface area contributed by atoms with E-state index in [1.165, 1.54) is 0 Å². The van der Waals surface area contributed by atoms with Gasteiger partial charge in [0.25, 0.3) is 5.91 Å². The summed E-state index contributed by atoms with van der Waals surface area (Å²) in [6.07, 6.45) is 3.42. The van der Waals surface area contributed by atoms with Crippen LogP contribution in [0.25, 0.3) is 0 Å². The molecule has 1 saturated carbocycles. The molecule has 1 aliphatic carbocycles. The summed E-state index contributed by atoms with van der Waals surface area (Å²) in [4.78, 5) is 23.4. The van der Waals surface area contributed by atoms with Crippen LogP contribution in [-0.4, -0.2) is 24.0 Å². The van der Waals surface area contributed by atoms with Crippen LogP contribution in [0.15, 0.2) is 18.2 Å². The van der Waals surface area contributed by atoms with Gasteiger partial charge in [-0.25, -0.2) is 0 Å². The van der Waals surface area contributed by atoms with Gasteiger partial charge in [0, 0.05) is 11.8 Å². The highest BCUT2D eigenvalue weighted by atomic mass is 16.5. The van der Waals surface area contributed by atoms with Crippen molar-refractivity contribution in [1.29, 1.82) is 0 Å². The predicted molar refractivity (Wildman–Crippen MR) is 74.6 cm³/mol. The van der Waals surface area contributed by atoms with Crippen LogP contribution in [0.5, 0.6) is 5.75 Å². The fourth-order valence-electron chi connectivity index (χ4n) is 2.64. The fraction of sp³-hybridized carbons (Fsp3) is 0.429. The molecule has 1 aromatic rings. The van der Waals surface area contributed by atoms with Crippen molar-refractivity contribution in [2.75, 3.05) is 17.2 Å². The molecule has 6 heteroatoms. The van der Waals surface area contributed by atoms with Gasteiger partial charge in [-0.3, -0.25) is 9.59 Å². The normalized spacial score (nSPS) is 19.8. The molecule has 0 aromatic heterocycles. The van der Waals surface area contributed by atoms with Crippen LogP contribution in [0.4, 0.5) is 11.4 Å². The summed E-state index contributed by atoms with van der Waals surface area (Å²) in [6.45, 7) is -0.00870. The fourth-order valence-corrected chi connectivity index (χ4v) is 2.64. The van der Waals surface area contributed by atoms with Gasteiger partial charge in [0.2, 0.25) is 5.91 Å². The molecule has 2 aliphatic rings. The Balaban J connectivity index is 1.75. The van der Waals surface area contributed by atoms with Crippen molar-refractivity contribution in [1.82, 2.24) is 0 Å². The Morgan fingerprint density at radius 3 is 2.85 bits per heavy atom. The molecule has 20 heavy (non-hydrogen) atoms. The molecule has 0 unspecified atom stereocenters. The van der Waals surface area contributed by atoms with Crippen LogP contribution in [0, 0.1) is 0 Å². The number of carbonyl (C=O) groups is 2. The Morgan fingerprint density at radius 1 is 1.35 bits per heavy atom. The largest absolute Gasteiger partial charge is 0.482 e. The van der Waals surface area contributed by atoms with Crippen LogP contribution in [-0.2, 0) is 9.59 Å². The van der Waals surface area contributed by atoms with Gasteiger partial charge < -0.3 is 21.1 Å². The molecule has 0 bridgehead atoms. The number of fused-ring (bicyclic) bond motifs is 1. The van der Waals surface area contributed by atoms with Crippen molar-refractivity contribution in [3.63, 3.8) is 0 Å². The number of hydrogen-bond donors (Lipinski definition) is 3. The molecule has 6 nitrogen and oxygen atoms in total. The number of nitrogens with one attached hydrogen (secondary N) is 2. The summed E-state index contributed by atoms with van der Waals surface area (Å²) in [5, 5.41) is 5.53. The summed E-state index contributed by atoms with van der Waals surface area (Å²) in [5.41, 5.74) is 6.59. The lowest BCUT2D eigenvalue weighted by Gasteiger charge is -2.23. The molecule has 0 spiro atoms. The van der Waals surface area contributed by atoms with Gasteiger partial charge in [-0.2, -0.15) is 0 Å². The van der Waals surface area contributed by atoms with E-state index >= 15 is 0 Å². The number of carbonyl (C=O) groups excluding carboxylic acids is 2. The van der Waals surface area contributed by atoms with E-state index in [4.69, 9.17) is 10.5 Å². The van der Waals surface area contributed by atoms with Crippen LogP contribution in [0.3, 0.4) is 0 Å². The summed E-state index contributed by atoms with van der Waals surface area (Å²) in [6, 6.07) is 5.13. The lowest BCUT2D eigenvalue weighted by atomic mass is 9.98. The topological polar surface area (TPSA) is 93.5 Å². The second-order valence-electron chi connectivity index (χ2n) is 5.37. The standard InChI is InChI=1S/C14H17N3O3/c15-14(5-1-2-6-14)13(19)16-9-3-4-10-11(7-9)20-8-12(18)17-10/h3-4,7H,1-2,5-6,8,15H2,(H,16,19)(H,17,18). The Morgan fingerprint density at radius 2 is 2.10 bits per heavy atom. The van der Waals surface area contributed by atoms with Gasteiger partial charge >= 0.3 is 0 Å². The van der Waals surface area contributed by atoms with E-state index in [1.54, 1.807) is 18.2 Å². The van der Waals surface area contributed by atoms with Crippen LogP contribution in [0.2, 0.25) is 0 Å². The Kier molecular flexibility index (Phi) is 3.10. The summed E-state index contributed by atoms with van der Waals surface area (Å²) < 4.78 is 5.31. The lowest BCUT2D eigenvalue weighted by molar-refractivity contribution is -0.121. The van der Waals surface area contributed by atoms with Crippen LogP contribution < -0.4 is 21.1 Å². The monoisotopic (exact) mass is 275 g/mol. The molecular weight excluding hydrogens is 258 g/mol. The third-order valence-electron chi connectivity index (χ3n) is 3.82. The number of hydrogen-bond acceptors (Lipinski definition) is 4. The first-order valence-corrected chi connectivity index (χ1v) is 6.74. The quantitative estimate of drug-likeness (QED) is 0.756. The van der Waals surface area contributed by atoms with E-state index in [2.05, 4.69) is 10.6 Å². The minimum atomic E-state index is -0.759. The van der Waals surface area contributed by atoms with Gasteiger partial charge in [-0.05, 0) is 25.0 Å². The van der Waals surface area contributed by atoms with Crippen molar-refractivity contribution in [3.8, 4) is 5.75 Å². The summed E-state index contributed by atoms with van der Waals surface area (Å²) in [5.74, 6) is 0.218. The molecule has 0 saturated heterocycles. The molecule has 3 rings (SSSR count). The van der Waals surface area contributed by atoms with Crippen LogP contribution in [0.1, 0.15) is 25.7 Å². The number of rotatable bonds is 2. The molecule has 1 heterocycles. The second kappa shape index (κ2) is 4.79. The minimum absolute atomic E-state index is 0.00870. The highest BCUT2D eigenvalue weighted by Crippen LogP contribution is 2.32. The number of nitrogens with two attached hydrogens (primary N) is 1. The van der Waals surface area contributed by atoms with Gasteiger partial charge in [0.05, 0.1) is 11.2 Å². The van der Waals surface area contributed by atoms with E-state index in [9.17, 15) is 9.59 Å². The molecule has 2 amide bonds. The van der Waals surface area contributed by atoms with Crippen molar-refractivity contribution in [3.05, 3.63) is 18.2 Å². The van der Waals surface area contributed by atoms with Crippen molar-refractivity contribution in [2.24, 2.45) is 5.73 Å². The smallest absolute Gasteiger partial charge is 0.262 e. The van der Waals surface area contributed by atoms with Gasteiger partial charge in [-0.1, -0.05) is 12.8 Å². The second-order valence-corrected chi connectivity index (χ2v) is 5.37. The third-order valence-corrected chi connectivity index (χ3v) is 3.82. The van der Waals surface area contributed by atoms with E-state index in [1.807, 2.05) is 0 Å². The van der Waals surface area contributed by atoms with E-state index in [-0.39, 0.29) is 18.4 Å². The molecule has 1 aliphatic heterocycles. The first kappa shape index (κ1) is 12.9. The average molecular weight is 275 g/mol. The number of benzene rings is 1. The average Bonchev–Trinajstić information content (AvgIpc) is 2.87. The number of ether oxygens (including phenoxy) is 1. The molecule has 0 atom stereocenters. The molecule has 1 aromatic carbocycles. The Bertz CT molecular complexity index is 565. The number of anilines is 2. The van der Waals surface area contributed by atoms with Crippen molar-refractivity contribution < 1.29 is 14.3 Å². The maximum atomic E-state index is 12.2. The molecule has 106 valence electrons. The lowest BCUT2D eigenvalue weighted by Crippen LogP contribution is -2.48. The zero-order valence-corrected chi connectivity index (χ0v) is 11.1. The minimum Gasteiger partial charge on any atom is -0.482 e. The zero-order valence-electron chi connectivity index (χ0n) is 11.1. The zero-order chi connectivity index (χ0) is 14.2. The molecule has 1 fully saturated rings. The third kappa shape index (κ3) is 2.34. The Labute approximate surface area is 116 Å². The summed E-state index contributed by atoms with van der Waals surface area (Å²) in [7, 11) is 0. The SMILES string of the molecule is NC1(C(=O)Nc2ccc3c(c2)OCC(=O)N3)CCCC1. The van der Waals surface area contributed by atoms with E-state index in [0.29, 0.717) is 17.1 Å². The number of amides is 2. The Hall–Kier alpha value is -2.08. The first-order chi connectivity index (χ1) is 9.57. The van der Waals surface area contributed by atoms with Gasteiger partial charge in [0.15, 0.2) is 6.61 Å². The van der Waals surface area contributed by atoms with E-state index in [0.717, 1.165) is 25.7 Å². The predicted octanol–water partition coefficient (Wildman–Crippen LogP) is 1.23. The maximum Gasteiger partial charge on any atom is 0.262 e. The highest BCUT2D eigenvalue weighted by molar-refractivity contribution is 6.00. The van der Waals surface area contributed by atoms with E-state index < -0.39 is 5.54 Å². The maximum absolute atomic E-state index is 12.2.